The van der Waals surface area contributed by atoms with Crippen molar-refractivity contribution in [3.05, 3.63) is 0 Å². The first-order valence-electron chi connectivity index (χ1n) is 4.00. The van der Waals surface area contributed by atoms with Crippen LogP contribution in [0.1, 0.15) is 19.3 Å². The zero-order valence-corrected chi connectivity index (χ0v) is 6.08. The van der Waals surface area contributed by atoms with Crippen LogP contribution in [-0.4, -0.2) is 25.0 Å². The van der Waals surface area contributed by atoms with Gasteiger partial charge in [-0.3, -0.25) is 9.98 Å². The Kier molecular flexibility index (Phi) is 1.53. The maximum atomic E-state index is 4.48. The van der Waals surface area contributed by atoms with Crippen molar-refractivity contribution in [3.63, 3.8) is 0 Å². The van der Waals surface area contributed by atoms with Crippen LogP contribution in [0, 0.1) is 5.92 Å². The van der Waals surface area contributed by atoms with Crippen molar-refractivity contribution in [2.45, 2.75) is 19.3 Å². The molecule has 0 aromatic carbocycles. The van der Waals surface area contributed by atoms with Gasteiger partial charge in [-0.15, -0.1) is 0 Å². The van der Waals surface area contributed by atoms with Crippen LogP contribution in [-0.2, 0) is 0 Å². The normalized spacial score (nSPS) is 31.2. The summed E-state index contributed by atoms with van der Waals surface area (Å²) >= 11 is 0. The van der Waals surface area contributed by atoms with Crippen molar-refractivity contribution < 1.29 is 0 Å². The summed E-state index contributed by atoms with van der Waals surface area (Å²) in [5.74, 6) is 0.613. The first-order chi connectivity index (χ1) is 4.97. The third-order valence-corrected chi connectivity index (χ3v) is 2.20. The second-order valence-corrected chi connectivity index (χ2v) is 2.93. The van der Waals surface area contributed by atoms with Crippen LogP contribution in [0.15, 0.2) is 9.98 Å². The lowest BCUT2D eigenvalue weighted by atomic mass is 9.92. The molecule has 2 aliphatic heterocycles. The predicted molar refractivity (Wildman–Crippen MR) is 43.0 cm³/mol. The van der Waals surface area contributed by atoms with Gasteiger partial charge in [0.1, 0.15) is 0 Å². The lowest BCUT2D eigenvalue weighted by Crippen LogP contribution is -2.25. The Labute approximate surface area is 61.1 Å². The topological polar surface area (TPSA) is 24.7 Å². The van der Waals surface area contributed by atoms with E-state index in [4.69, 9.17) is 0 Å². The fourth-order valence-corrected chi connectivity index (χ4v) is 1.62. The van der Waals surface area contributed by atoms with Gasteiger partial charge >= 0.3 is 0 Å². The second-order valence-electron chi connectivity index (χ2n) is 2.93. The highest BCUT2D eigenvalue weighted by molar-refractivity contribution is 6.00. The standard InChI is InChI=1S/C8H12N2/c1-2-7-6-9-5-3-8(7)10-4-1/h6-7H,1-5H2. The zero-order chi connectivity index (χ0) is 6.81. The zero-order valence-electron chi connectivity index (χ0n) is 6.08. The van der Waals surface area contributed by atoms with Crippen molar-refractivity contribution in [3.8, 4) is 0 Å². The Morgan fingerprint density at radius 2 is 2.40 bits per heavy atom. The van der Waals surface area contributed by atoms with Crippen LogP contribution in [0.4, 0.5) is 0 Å². The molecule has 54 valence electrons. The second kappa shape index (κ2) is 2.52. The highest BCUT2D eigenvalue weighted by atomic mass is 14.8. The Morgan fingerprint density at radius 1 is 1.40 bits per heavy atom. The van der Waals surface area contributed by atoms with Gasteiger partial charge in [0.05, 0.1) is 0 Å². The predicted octanol–water partition coefficient (Wildman–Crippen LogP) is 1.31. The molecule has 0 fully saturated rings. The van der Waals surface area contributed by atoms with Gasteiger partial charge in [-0.2, -0.15) is 0 Å². The Bertz CT molecular complexity index is 182. The van der Waals surface area contributed by atoms with E-state index in [1.165, 1.54) is 18.6 Å². The van der Waals surface area contributed by atoms with Crippen LogP contribution < -0.4 is 0 Å². The van der Waals surface area contributed by atoms with Gasteiger partial charge in [-0.1, -0.05) is 0 Å². The van der Waals surface area contributed by atoms with Crippen molar-refractivity contribution in [1.82, 2.24) is 0 Å². The molecule has 2 heterocycles. The quantitative estimate of drug-likeness (QED) is 0.479. The van der Waals surface area contributed by atoms with Crippen LogP contribution in [0.3, 0.4) is 0 Å². The van der Waals surface area contributed by atoms with Crippen molar-refractivity contribution >= 4 is 11.9 Å². The van der Waals surface area contributed by atoms with Crippen molar-refractivity contribution in [1.29, 1.82) is 0 Å². The van der Waals surface area contributed by atoms with E-state index >= 15 is 0 Å². The Balaban J connectivity index is 2.20. The number of aliphatic imine (C=N–C) groups is 2. The molecule has 0 bridgehead atoms. The van der Waals surface area contributed by atoms with E-state index < -0.39 is 0 Å². The van der Waals surface area contributed by atoms with Gasteiger partial charge in [0.25, 0.3) is 0 Å². The Morgan fingerprint density at radius 3 is 3.30 bits per heavy atom. The Hall–Kier alpha value is -0.660. The van der Waals surface area contributed by atoms with Crippen LogP contribution >= 0.6 is 0 Å². The summed E-state index contributed by atoms with van der Waals surface area (Å²) in [6.07, 6.45) is 5.73. The molecule has 0 radical (unpaired) electrons. The average molecular weight is 136 g/mol. The number of hydrogen-bond donors (Lipinski definition) is 0. The molecule has 0 aromatic rings. The summed E-state index contributed by atoms with van der Waals surface area (Å²) in [7, 11) is 0. The minimum Gasteiger partial charge on any atom is -0.296 e. The average Bonchev–Trinajstić information content (AvgIpc) is 2.05. The molecule has 2 heteroatoms. The summed E-state index contributed by atoms with van der Waals surface area (Å²) in [5.41, 5.74) is 1.40. The molecule has 2 rings (SSSR count). The van der Waals surface area contributed by atoms with Crippen molar-refractivity contribution in [2.24, 2.45) is 15.9 Å². The maximum Gasteiger partial charge on any atom is 0.0437 e. The van der Waals surface area contributed by atoms with Gasteiger partial charge in [0.2, 0.25) is 0 Å². The van der Waals surface area contributed by atoms with Gasteiger partial charge < -0.3 is 0 Å². The van der Waals surface area contributed by atoms with E-state index in [0.29, 0.717) is 5.92 Å². The molecule has 0 saturated heterocycles. The maximum absolute atomic E-state index is 4.48. The third-order valence-electron chi connectivity index (χ3n) is 2.20. The fourth-order valence-electron chi connectivity index (χ4n) is 1.62. The number of hydrogen-bond acceptors (Lipinski definition) is 2. The monoisotopic (exact) mass is 136 g/mol. The molecule has 0 aromatic heterocycles. The van der Waals surface area contributed by atoms with Gasteiger partial charge in [0, 0.05) is 37.4 Å². The summed E-state index contributed by atoms with van der Waals surface area (Å²) in [5, 5.41) is 0. The minimum absolute atomic E-state index is 0.613. The van der Waals surface area contributed by atoms with E-state index in [1.54, 1.807) is 0 Å². The largest absolute Gasteiger partial charge is 0.296 e. The number of nitrogens with zero attached hydrogens (tertiary/aromatic N) is 2. The van der Waals surface area contributed by atoms with E-state index in [1.807, 2.05) is 0 Å². The summed E-state index contributed by atoms with van der Waals surface area (Å²) in [4.78, 5) is 8.73. The molecule has 0 amide bonds. The summed E-state index contributed by atoms with van der Waals surface area (Å²) in [6, 6.07) is 0. The molecule has 1 atom stereocenters. The number of fused-ring (bicyclic) bond motifs is 1. The van der Waals surface area contributed by atoms with E-state index in [-0.39, 0.29) is 0 Å². The van der Waals surface area contributed by atoms with E-state index in [9.17, 15) is 0 Å². The molecule has 0 saturated carbocycles. The fraction of sp³-hybridized carbons (Fsp3) is 0.750. The molecule has 0 spiro atoms. The molecule has 10 heavy (non-hydrogen) atoms. The van der Waals surface area contributed by atoms with Crippen molar-refractivity contribution in [2.75, 3.05) is 13.1 Å². The lowest BCUT2D eigenvalue weighted by molar-refractivity contribution is 0.656. The van der Waals surface area contributed by atoms with Crippen LogP contribution in [0.5, 0.6) is 0 Å². The third kappa shape index (κ3) is 0.981. The first-order valence-corrected chi connectivity index (χ1v) is 4.00. The lowest BCUT2D eigenvalue weighted by Gasteiger charge is -2.22. The van der Waals surface area contributed by atoms with E-state index in [2.05, 4.69) is 16.2 Å². The SMILES string of the molecule is C1=NCCC2=NCCCC12. The first kappa shape index (κ1) is 6.08. The highest BCUT2D eigenvalue weighted by Gasteiger charge is 2.18. The van der Waals surface area contributed by atoms with Crippen LogP contribution in [0.25, 0.3) is 0 Å². The van der Waals surface area contributed by atoms with E-state index in [0.717, 1.165) is 19.5 Å². The van der Waals surface area contributed by atoms with Gasteiger partial charge in [-0.05, 0) is 12.8 Å². The molecule has 1 unspecified atom stereocenters. The molecular weight excluding hydrogens is 124 g/mol. The molecule has 0 N–H and O–H groups in total. The summed E-state index contributed by atoms with van der Waals surface area (Å²) in [6.45, 7) is 2.02. The minimum atomic E-state index is 0.613. The summed E-state index contributed by atoms with van der Waals surface area (Å²) < 4.78 is 0. The smallest absolute Gasteiger partial charge is 0.0437 e. The van der Waals surface area contributed by atoms with Gasteiger partial charge in [-0.25, -0.2) is 0 Å². The molecule has 2 nitrogen and oxygen atoms in total. The molecule has 2 aliphatic rings. The highest BCUT2D eigenvalue weighted by Crippen LogP contribution is 2.17. The van der Waals surface area contributed by atoms with Gasteiger partial charge in [0.15, 0.2) is 0 Å². The van der Waals surface area contributed by atoms with Crippen LogP contribution in [0.2, 0.25) is 0 Å². The molecular formula is C8H12N2. The molecule has 0 aliphatic carbocycles. The number of rotatable bonds is 0.